The standard InChI is InChI=1S/C15H15N3O6/c1-2-8-16-15(21)17-13(19)10-24-14(20)7-6-11-4-3-5-12(9-11)18(22)23/h2-7,9H,1,8,10H2,(H2,16,17,19,21)/b7-6+. The molecule has 0 fully saturated rings. The summed E-state index contributed by atoms with van der Waals surface area (Å²) in [6.07, 6.45) is 3.76. The molecule has 0 aromatic heterocycles. The molecule has 3 amide bonds. The summed E-state index contributed by atoms with van der Waals surface area (Å²) >= 11 is 0. The fourth-order valence-corrected chi connectivity index (χ4v) is 1.46. The quantitative estimate of drug-likeness (QED) is 0.253. The van der Waals surface area contributed by atoms with Gasteiger partial charge in [0.1, 0.15) is 0 Å². The molecule has 0 saturated carbocycles. The summed E-state index contributed by atoms with van der Waals surface area (Å²) in [6.45, 7) is 2.94. The van der Waals surface area contributed by atoms with Gasteiger partial charge in [0, 0.05) is 24.8 Å². The zero-order valence-corrected chi connectivity index (χ0v) is 12.6. The second-order valence-electron chi connectivity index (χ2n) is 4.34. The lowest BCUT2D eigenvalue weighted by atomic mass is 10.2. The van der Waals surface area contributed by atoms with Crippen LogP contribution in [0.4, 0.5) is 10.5 Å². The Labute approximate surface area is 137 Å². The molecule has 0 saturated heterocycles. The zero-order chi connectivity index (χ0) is 17.9. The van der Waals surface area contributed by atoms with E-state index in [1.54, 1.807) is 6.07 Å². The number of hydrogen-bond donors (Lipinski definition) is 2. The number of esters is 1. The van der Waals surface area contributed by atoms with Crippen LogP contribution in [0.5, 0.6) is 0 Å². The number of urea groups is 1. The molecule has 0 aliphatic rings. The van der Waals surface area contributed by atoms with Crippen molar-refractivity contribution in [1.29, 1.82) is 0 Å². The highest BCUT2D eigenvalue weighted by atomic mass is 16.6. The number of nitro benzene ring substituents is 1. The Hall–Kier alpha value is -3.49. The van der Waals surface area contributed by atoms with Crippen LogP contribution in [0, 0.1) is 10.1 Å². The van der Waals surface area contributed by atoms with E-state index >= 15 is 0 Å². The van der Waals surface area contributed by atoms with Crippen LogP contribution >= 0.6 is 0 Å². The SMILES string of the molecule is C=CCNC(=O)NC(=O)COC(=O)/C=C/c1cccc([N+](=O)[O-])c1. The predicted octanol–water partition coefficient (Wildman–Crippen LogP) is 1.16. The molecule has 0 unspecified atom stereocenters. The Bertz CT molecular complexity index is 684. The van der Waals surface area contributed by atoms with Crippen LogP contribution < -0.4 is 10.6 Å². The number of imide groups is 1. The van der Waals surface area contributed by atoms with E-state index in [-0.39, 0.29) is 12.2 Å². The molecule has 2 N–H and O–H groups in total. The van der Waals surface area contributed by atoms with Crippen LogP contribution in [0.1, 0.15) is 5.56 Å². The topological polar surface area (TPSA) is 128 Å². The Morgan fingerprint density at radius 2 is 2.08 bits per heavy atom. The average molecular weight is 333 g/mol. The van der Waals surface area contributed by atoms with Gasteiger partial charge in [0.25, 0.3) is 11.6 Å². The molecule has 0 radical (unpaired) electrons. The van der Waals surface area contributed by atoms with E-state index in [0.717, 1.165) is 6.08 Å². The average Bonchev–Trinajstić information content (AvgIpc) is 2.56. The van der Waals surface area contributed by atoms with Crippen molar-refractivity contribution in [3.63, 3.8) is 0 Å². The molecule has 24 heavy (non-hydrogen) atoms. The number of amides is 3. The van der Waals surface area contributed by atoms with Gasteiger partial charge in [-0.2, -0.15) is 0 Å². The molecule has 9 heteroatoms. The van der Waals surface area contributed by atoms with Gasteiger partial charge in [0.2, 0.25) is 0 Å². The Kier molecular flexibility index (Phi) is 7.36. The number of carbonyl (C=O) groups is 3. The van der Waals surface area contributed by atoms with Crippen LogP contribution in [0.25, 0.3) is 6.08 Å². The summed E-state index contributed by atoms with van der Waals surface area (Å²) in [7, 11) is 0. The van der Waals surface area contributed by atoms with Crippen molar-refractivity contribution in [2.24, 2.45) is 0 Å². The van der Waals surface area contributed by atoms with Gasteiger partial charge in [-0.25, -0.2) is 9.59 Å². The molecule has 126 valence electrons. The second-order valence-corrected chi connectivity index (χ2v) is 4.34. The first-order valence-electron chi connectivity index (χ1n) is 6.70. The first kappa shape index (κ1) is 18.6. The number of nitro groups is 1. The number of rotatable bonds is 7. The number of benzene rings is 1. The minimum atomic E-state index is -0.830. The minimum absolute atomic E-state index is 0.115. The summed E-state index contributed by atoms with van der Waals surface area (Å²) in [5, 5.41) is 14.9. The third-order valence-corrected chi connectivity index (χ3v) is 2.50. The molecular formula is C15H15N3O6. The summed E-state index contributed by atoms with van der Waals surface area (Å²) in [5.41, 5.74) is 0.310. The Morgan fingerprint density at radius 3 is 2.75 bits per heavy atom. The normalized spacial score (nSPS) is 10.0. The second kappa shape index (κ2) is 9.51. The Balaban J connectivity index is 2.44. The summed E-state index contributed by atoms with van der Waals surface area (Å²) in [6, 6.07) is 4.90. The highest BCUT2D eigenvalue weighted by Crippen LogP contribution is 2.14. The highest BCUT2D eigenvalue weighted by Gasteiger charge is 2.09. The van der Waals surface area contributed by atoms with Crippen molar-refractivity contribution in [1.82, 2.24) is 10.6 Å². The van der Waals surface area contributed by atoms with Crippen molar-refractivity contribution >= 4 is 29.7 Å². The van der Waals surface area contributed by atoms with Crippen LogP contribution in [0.3, 0.4) is 0 Å². The van der Waals surface area contributed by atoms with Gasteiger partial charge >= 0.3 is 12.0 Å². The van der Waals surface area contributed by atoms with Crippen LogP contribution in [-0.2, 0) is 14.3 Å². The van der Waals surface area contributed by atoms with Gasteiger partial charge in [-0.05, 0) is 11.6 Å². The lowest BCUT2D eigenvalue weighted by molar-refractivity contribution is -0.384. The minimum Gasteiger partial charge on any atom is -0.452 e. The van der Waals surface area contributed by atoms with Crippen molar-refractivity contribution < 1.29 is 24.0 Å². The van der Waals surface area contributed by atoms with Crippen molar-refractivity contribution in [2.75, 3.05) is 13.2 Å². The fraction of sp³-hybridized carbons (Fsp3) is 0.133. The van der Waals surface area contributed by atoms with Gasteiger partial charge in [-0.3, -0.25) is 20.2 Å². The third-order valence-electron chi connectivity index (χ3n) is 2.50. The molecular weight excluding hydrogens is 318 g/mol. The van der Waals surface area contributed by atoms with E-state index in [4.69, 9.17) is 0 Å². The van der Waals surface area contributed by atoms with Gasteiger partial charge in [-0.1, -0.05) is 18.2 Å². The molecule has 1 aromatic carbocycles. The smallest absolute Gasteiger partial charge is 0.331 e. The molecule has 0 heterocycles. The first-order valence-corrected chi connectivity index (χ1v) is 6.70. The van der Waals surface area contributed by atoms with Gasteiger partial charge < -0.3 is 10.1 Å². The maximum Gasteiger partial charge on any atom is 0.331 e. The first-order chi connectivity index (χ1) is 11.4. The Morgan fingerprint density at radius 1 is 1.33 bits per heavy atom. The van der Waals surface area contributed by atoms with Crippen molar-refractivity contribution in [2.45, 2.75) is 0 Å². The van der Waals surface area contributed by atoms with E-state index in [1.165, 1.54) is 30.4 Å². The number of carbonyl (C=O) groups excluding carboxylic acids is 3. The number of hydrogen-bond acceptors (Lipinski definition) is 6. The molecule has 0 atom stereocenters. The third kappa shape index (κ3) is 6.98. The van der Waals surface area contributed by atoms with Gasteiger partial charge in [0.05, 0.1) is 4.92 Å². The van der Waals surface area contributed by atoms with Crippen LogP contribution in [0.15, 0.2) is 43.0 Å². The molecule has 9 nitrogen and oxygen atoms in total. The number of nitrogens with zero attached hydrogens (tertiary/aromatic N) is 1. The van der Waals surface area contributed by atoms with Crippen molar-refractivity contribution in [3.05, 3.63) is 58.7 Å². The van der Waals surface area contributed by atoms with Gasteiger partial charge in [-0.15, -0.1) is 6.58 Å². The molecule has 1 aromatic rings. The highest BCUT2D eigenvalue weighted by molar-refractivity contribution is 5.96. The fourth-order valence-electron chi connectivity index (χ4n) is 1.46. The molecule has 0 bridgehead atoms. The van der Waals surface area contributed by atoms with E-state index in [2.05, 4.69) is 16.6 Å². The monoisotopic (exact) mass is 333 g/mol. The van der Waals surface area contributed by atoms with E-state index < -0.39 is 29.4 Å². The largest absolute Gasteiger partial charge is 0.452 e. The summed E-state index contributed by atoms with van der Waals surface area (Å²) in [5.74, 6) is -1.63. The number of non-ortho nitro benzene ring substituents is 1. The molecule has 1 rings (SSSR count). The van der Waals surface area contributed by atoms with E-state index in [9.17, 15) is 24.5 Å². The molecule has 0 spiro atoms. The summed E-state index contributed by atoms with van der Waals surface area (Å²) < 4.78 is 4.64. The van der Waals surface area contributed by atoms with Crippen LogP contribution in [0.2, 0.25) is 0 Å². The van der Waals surface area contributed by atoms with E-state index in [0.29, 0.717) is 5.56 Å². The molecule has 0 aliphatic heterocycles. The maximum absolute atomic E-state index is 11.5. The lowest BCUT2D eigenvalue weighted by Crippen LogP contribution is -2.41. The van der Waals surface area contributed by atoms with Crippen LogP contribution in [-0.4, -0.2) is 36.0 Å². The zero-order valence-electron chi connectivity index (χ0n) is 12.6. The predicted molar refractivity (Wildman–Crippen MR) is 84.8 cm³/mol. The molecule has 0 aliphatic carbocycles. The van der Waals surface area contributed by atoms with E-state index in [1.807, 2.05) is 5.32 Å². The number of nitrogens with one attached hydrogen (secondary N) is 2. The van der Waals surface area contributed by atoms with Gasteiger partial charge in [0.15, 0.2) is 6.61 Å². The lowest BCUT2D eigenvalue weighted by Gasteiger charge is -2.04. The number of ether oxygens (including phenoxy) is 1. The van der Waals surface area contributed by atoms with Crippen molar-refractivity contribution in [3.8, 4) is 0 Å². The maximum atomic E-state index is 11.5. The summed E-state index contributed by atoms with van der Waals surface area (Å²) in [4.78, 5) is 44.0.